The fourth-order valence-corrected chi connectivity index (χ4v) is 2.50. The van der Waals surface area contributed by atoms with Gasteiger partial charge in [-0.3, -0.25) is 9.36 Å². The molecule has 0 saturated carbocycles. The predicted molar refractivity (Wildman–Crippen MR) is 69.7 cm³/mol. The first-order valence-corrected chi connectivity index (χ1v) is 7.52. The SMILES string of the molecule is CC(C)(C)S(=O)(=O)CCn1cncc(Br)c1=O. The summed E-state index contributed by atoms with van der Waals surface area (Å²) in [5.41, 5.74) is -0.274. The number of rotatable bonds is 3. The van der Waals surface area contributed by atoms with Crippen LogP contribution in [0.25, 0.3) is 0 Å². The highest BCUT2D eigenvalue weighted by Crippen LogP contribution is 2.15. The predicted octanol–water partition coefficient (Wildman–Crippen LogP) is 1.22. The summed E-state index contributed by atoms with van der Waals surface area (Å²) in [4.78, 5) is 15.4. The van der Waals surface area contributed by atoms with Gasteiger partial charge in [0.05, 0.1) is 16.8 Å². The van der Waals surface area contributed by atoms with E-state index < -0.39 is 14.6 Å². The second-order valence-corrected chi connectivity index (χ2v) is 8.39. The van der Waals surface area contributed by atoms with Crippen LogP contribution in [0.5, 0.6) is 0 Å². The molecule has 17 heavy (non-hydrogen) atoms. The maximum absolute atomic E-state index is 11.9. The normalized spacial score (nSPS) is 12.7. The molecule has 0 aliphatic rings. The van der Waals surface area contributed by atoms with E-state index in [1.165, 1.54) is 17.1 Å². The molecule has 1 aromatic heterocycles. The molecule has 0 radical (unpaired) electrons. The molecule has 0 aromatic carbocycles. The quantitative estimate of drug-likeness (QED) is 0.839. The zero-order chi connectivity index (χ0) is 13.3. The lowest BCUT2D eigenvalue weighted by atomic mass is 10.3. The van der Waals surface area contributed by atoms with Crippen LogP contribution in [0.15, 0.2) is 21.8 Å². The molecule has 0 unspecified atom stereocenters. The fourth-order valence-electron chi connectivity index (χ4n) is 1.11. The lowest BCUT2D eigenvalue weighted by Crippen LogP contribution is -2.33. The van der Waals surface area contributed by atoms with E-state index in [1.54, 1.807) is 20.8 Å². The summed E-state index contributed by atoms with van der Waals surface area (Å²) in [6, 6.07) is 0. The third-order valence-electron chi connectivity index (χ3n) is 2.39. The second-order valence-electron chi connectivity index (χ2n) is 4.67. The molecule has 0 fully saturated rings. The molecule has 0 N–H and O–H groups in total. The third kappa shape index (κ3) is 3.38. The van der Waals surface area contributed by atoms with Gasteiger partial charge in [0.1, 0.15) is 4.47 Å². The van der Waals surface area contributed by atoms with Crippen LogP contribution in [0.4, 0.5) is 0 Å². The van der Waals surface area contributed by atoms with Crippen molar-refractivity contribution in [2.75, 3.05) is 5.75 Å². The number of hydrogen-bond donors (Lipinski definition) is 0. The molecule has 1 heterocycles. The number of sulfone groups is 1. The van der Waals surface area contributed by atoms with Crippen molar-refractivity contribution < 1.29 is 8.42 Å². The monoisotopic (exact) mass is 322 g/mol. The molecule has 0 aliphatic carbocycles. The van der Waals surface area contributed by atoms with Gasteiger partial charge in [-0.15, -0.1) is 0 Å². The van der Waals surface area contributed by atoms with Gasteiger partial charge in [0.15, 0.2) is 9.84 Å². The van der Waals surface area contributed by atoms with Crippen molar-refractivity contribution in [2.24, 2.45) is 0 Å². The van der Waals surface area contributed by atoms with Gasteiger partial charge in [-0.1, -0.05) is 0 Å². The molecule has 0 saturated heterocycles. The maximum atomic E-state index is 11.9. The first-order valence-electron chi connectivity index (χ1n) is 5.07. The summed E-state index contributed by atoms with van der Waals surface area (Å²) in [5.74, 6) is -0.0749. The first kappa shape index (κ1) is 14.4. The first-order chi connectivity index (χ1) is 7.65. The molecule has 0 bridgehead atoms. The number of aromatic nitrogens is 2. The van der Waals surface area contributed by atoms with Crippen LogP contribution in [-0.4, -0.2) is 28.5 Å². The van der Waals surface area contributed by atoms with Gasteiger partial charge in [-0.05, 0) is 36.7 Å². The van der Waals surface area contributed by atoms with Crippen LogP contribution in [0.2, 0.25) is 0 Å². The summed E-state index contributed by atoms with van der Waals surface area (Å²) in [6.45, 7) is 5.05. The molecule has 7 heteroatoms. The Bertz CT molecular complexity index is 558. The number of hydrogen-bond acceptors (Lipinski definition) is 4. The van der Waals surface area contributed by atoms with Gasteiger partial charge in [0, 0.05) is 12.7 Å². The van der Waals surface area contributed by atoms with Crippen LogP contribution in [0.3, 0.4) is 0 Å². The third-order valence-corrected chi connectivity index (χ3v) is 5.52. The van der Waals surface area contributed by atoms with Crippen LogP contribution in [-0.2, 0) is 16.4 Å². The smallest absolute Gasteiger partial charge is 0.267 e. The second kappa shape index (κ2) is 4.89. The lowest BCUT2D eigenvalue weighted by Gasteiger charge is -2.19. The van der Waals surface area contributed by atoms with Crippen molar-refractivity contribution in [1.29, 1.82) is 0 Å². The summed E-state index contributed by atoms with van der Waals surface area (Å²) in [5, 5.41) is 0. The molecule has 1 aromatic rings. The van der Waals surface area contributed by atoms with Crippen LogP contribution in [0, 0.1) is 0 Å². The molecule has 0 spiro atoms. The Balaban J connectivity index is 2.90. The Morgan fingerprint density at radius 2 is 2.00 bits per heavy atom. The largest absolute Gasteiger partial charge is 0.297 e. The zero-order valence-electron chi connectivity index (χ0n) is 9.97. The Hall–Kier alpha value is -0.690. The van der Waals surface area contributed by atoms with Crippen molar-refractivity contribution >= 4 is 25.8 Å². The minimum absolute atomic E-state index is 0.0749. The van der Waals surface area contributed by atoms with E-state index in [1.807, 2.05) is 0 Å². The molecule has 1 rings (SSSR count). The Morgan fingerprint density at radius 3 is 2.53 bits per heavy atom. The highest BCUT2D eigenvalue weighted by atomic mass is 79.9. The van der Waals surface area contributed by atoms with Gasteiger partial charge >= 0.3 is 0 Å². The van der Waals surface area contributed by atoms with E-state index in [0.717, 1.165) is 0 Å². The standard InChI is InChI=1S/C10H15BrN2O3S/c1-10(2,3)17(15,16)5-4-13-7-12-6-8(11)9(13)14/h6-7H,4-5H2,1-3H3. The summed E-state index contributed by atoms with van der Waals surface area (Å²) < 4.78 is 24.6. The van der Waals surface area contributed by atoms with Crippen molar-refractivity contribution in [3.8, 4) is 0 Å². The molecule has 5 nitrogen and oxygen atoms in total. The van der Waals surface area contributed by atoms with Gasteiger partial charge in [0.25, 0.3) is 5.56 Å². The van der Waals surface area contributed by atoms with Crippen molar-refractivity contribution in [2.45, 2.75) is 32.1 Å². The van der Waals surface area contributed by atoms with Crippen LogP contribution in [0.1, 0.15) is 20.8 Å². The molecule has 96 valence electrons. The maximum Gasteiger partial charge on any atom is 0.267 e. The summed E-state index contributed by atoms with van der Waals surface area (Å²) >= 11 is 3.06. The average Bonchev–Trinajstić information content (AvgIpc) is 2.18. The van der Waals surface area contributed by atoms with E-state index in [4.69, 9.17) is 0 Å². The molecule has 0 amide bonds. The van der Waals surface area contributed by atoms with Gasteiger partial charge in [-0.2, -0.15) is 0 Å². The van der Waals surface area contributed by atoms with Gasteiger partial charge < -0.3 is 0 Å². The minimum atomic E-state index is -3.23. The highest BCUT2D eigenvalue weighted by molar-refractivity contribution is 9.10. The van der Waals surface area contributed by atoms with E-state index in [9.17, 15) is 13.2 Å². The number of nitrogens with zero attached hydrogens (tertiary/aromatic N) is 2. The van der Waals surface area contributed by atoms with E-state index in [-0.39, 0.29) is 17.9 Å². The van der Waals surface area contributed by atoms with Crippen LogP contribution >= 0.6 is 15.9 Å². The molecule has 0 atom stereocenters. The molecule has 0 aliphatic heterocycles. The van der Waals surface area contributed by atoms with Gasteiger partial charge in [0.2, 0.25) is 0 Å². The lowest BCUT2D eigenvalue weighted by molar-refractivity contribution is 0.551. The topological polar surface area (TPSA) is 69.0 Å². The molecular weight excluding hydrogens is 308 g/mol. The van der Waals surface area contributed by atoms with E-state index in [2.05, 4.69) is 20.9 Å². The highest BCUT2D eigenvalue weighted by Gasteiger charge is 2.28. The Labute approximate surface area is 109 Å². The number of halogens is 1. The zero-order valence-corrected chi connectivity index (χ0v) is 12.4. The molecular formula is C10H15BrN2O3S. The van der Waals surface area contributed by atoms with E-state index >= 15 is 0 Å². The van der Waals surface area contributed by atoms with Gasteiger partial charge in [-0.25, -0.2) is 13.4 Å². The Kier molecular flexibility index (Phi) is 4.14. The van der Waals surface area contributed by atoms with Crippen molar-refractivity contribution in [3.63, 3.8) is 0 Å². The summed E-state index contributed by atoms with van der Waals surface area (Å²) in [7, 11) is -3.23. The van der Waals surface area contributed by atoms with Crippen LogP contribution < -0.4 is 5.56 Å². The number of aryl methyl sites for hydroxylation is 1. The fraction of sp³-hybridized carbons (Fsp3) is 0.600. The average molecular weight is 323 g/mol. The Morgan fingerprint density at radius 1 is 1.41 bits per heavy atom. The van der Waals surface area contributed by atoms with E-state index in [0.29, 0.717) is 4.47 Å². The minimum Gasteiger partial charge on any atom is -0.297 e. The van der Waals surface area contributed by atoms with Crippen molar-refractivity contribution in [1.82, 2.24) is 9.55 Å². The summed E-state index contributed by atoms with van der Waals surface area (Å²) in [6.07, 6.45) is 2.72. The van der Waals surface area contributed by atoms with Crippen molar-refractivity contribution in [3.05, 3.63) is 27.4 Å².